The number of pyridine rings is 1. The van der Waals surface area contributed by atoms with E-state index in [9.17, 15) is 8.42 Å². The van der Waals surface area contributed by atoms with Crippen LogP contribution in [-0.4, -0.2) is 47.6 Å². The lowest BCUT2D eigenvalue weighted by Crippen LogP contribution is -2.45. The molecule has 2 aromatic rings. The standard InChI is InChI=1S/C14H18N4O3S/c1-2-10-8-15-4-3-12(10)14-17-13(21-18-14)7-11-9-16-5-6-22(11,19)20/h3-4,8,11,16H,2,5-7,9H2,1H3. The number of nitrogens with zero attached hydrogens (tertiary/aromatic N) is 3. The summed E-state index contributed by atoms with van der Waals surface area (Å²) in [5.74, 6) is 0.991. The van der Waals surface area contributed by atoms with E-state index in [0.29, 0.717) is 24.8 Å². The molecule has 8 heteroatoms. The summed E-state index contributed by atoms with van der Waals surface area (Å²) in [6, 6.07) is 1.84. The molecule has 0 radical (unpaired) electrons. The first kappa shape index (κ1) is 15.1. The number of hydrogen-bond acceptors (Lipinski definition) is 7. The van der Waals surface area contributed by atoms with Crippen molar-refractivity contribution in [1.82, 2.24) is 20.4 Å². The number of aryl methyl sites for hydroxylation is 1. The molecule has 1 N–H and O–H groups in total. The zero-order valence-electron chi connectivity index (χ0n) is 12.3. The Morgan fingerprint density at radius 3 is 3.09 bits per heavy atom. The lowest BCUT2D eigenvalue weighted by Gasteiger charge is -2.21. The summed E-state index contributed by atoms with van der Waals surface area (Å²) in [6.45, 7) is 2.96. The maximum absolute atomic E-state index is 12.0. The fourth-order valence-corrected chi connectivity index (χ4v) is 4.07. The van der Waals surface area contributed by atoms with Crippen molar-refractivity contribution >= 4 is 9.84 Å². The Labute approximate surface area is 129 Å². The van der Waals surface area contributed by atoms with Crippen LogP contribution >= 0.6 is 0 Å². The second-order valence-corrected chi connectivity index (χ2v) is 7.70. The van der Waals surface area contributed by atoms with Gasteiger partial charge in [0.15, 0.2) is 9.84 Å². The summed E-state index contributed by atoms with van der Waals surface area (Å²) in [7, 11) is -3.09. The molecule has 0 bridgehead atoms. The summed E-state index contributed by atoms with van der Waals surface area (Å²) in [6.07, 6.45) is 4.52. The molecule has 22 heavy (non-hydrogen) atoms. The zero-order chi connectivity index (χ0) is 15.6. The number of nitrogens with one attached hydrogen (secondary N) is 1. The maximum atomic E-state index is 12.0. The Balaban J connectivity index is 1.82. The smallest absolute Gasteiger partial charge is 0.228 e. The van der Waals surface area contributed by atoms with Crippen LogP contribution in [0.1, 0.15) is 18.4 Å². The topological polar surface area (TPSA) is 98.0 Å². The van der Waals surface area contributed by atoms with Gasteiger partial charge in [-0.05, 0) is 18.1 Å². The van der Waals surface area contributed by atoms with Crippen LogP contribution in [0.4, 0.5) is 0 Å². The Hall–Kier alpha value is -1.80. The first-order chi connectivity index (χ1) is 10.6. The third kappa shape index (κ3) is 3.02. The lowest BCUT2D eigenvalue weighted by atomic mass is 10.1. The molecule has 1 aliphatic rings. The molecule has 3 rings (SSSR count). The first-order valence-corrected chi connectivity index (χ1v) is 9.00. The summed E-state index contributed by atoms with van der Waals surface area (Å²) >= 11 is 0. The van der Waals surface area contributed by atoms with Gasteiger partial charge in [0.25, 0.3) is 0 Å². The third-order valence-electron chi connectivity index (χ3n) is 3.84. The minimum absolute atomic E-state index is 0.156. The van der Waals surface area contributed by atoms with Crippen LogP contribution in [0.25, 0.3) is 11.4 Å². The van der Waals surface area contributed by atoms with Gasteiger partial charge in [-0.2, -0.15) is 4.98 Å². The molecule has 1 unspecified atom stereocenters. The predicted molar refractivity (Wildman–Crippen MR) is 81.1 cm³/mol. The first-order valence-electron chi connectivity index (χ1n) is 7.28. The van der Waals surface area contributed by atoms with Gasteiger partial charge in [0.05, 0.1) is 11.0 Å². The van der Waals surface area contributed by atoms with E-state index < -0.39 is 15.1 Å². The Kier molecular flexibility index (Phi) is 4.21. The molecule has 1 aliphatic heterocycles. The van der Waals surface area contributed by atoms with E-state index in [1.807, 2.05) is 13.0 Å². The molecule has 3 heterocycles. The van der Waals surface area contributed by atoms with Crippen LogP contribution in [-0.2, 0) is 22.7 Å². The van der Waals surface area contributed by atoms with Gasteiger partial charge in [-0.15, -0.1) is 0 Å². The van der Waals surface area contributed by atoms with E-state index in [0.717, 1.165) is 17.5 Å². The normalized spacial score (nSPS) is 20.9. The highest BCUT2D eigenvalue weighted by Gasteiger charge is 2.30. The van der Waals surface area contributed by atoms with Crippen LogP contribution in [0.3, 0.4) is 0 Å². The lowest BCUT2D eigenvalue weighted by molar-refractivity contribution is 0.373. The van der Waals surface area contributed by atoms with Crippen molar-refractivity contribution in [2.75, 3.05) is 18.8 Å². The largest absolute Gasteiger partial charge is 0.339 e. The van der Waals surface area contributed by atoms with Crippen molar-refractivity contribution in [3.8, 4) is 11.4 Å². The molecule has 0 aromatic carbocycles. The molecule has 118 valence electrons. The van der Waals surface area contributed by atoms with Gasteiger partial charge in [-0.25, -0.2) is 8.42 Å². The average molecular weight is 322 g/mol. The number of hydrogen-bond donors (Lipinski definition) is 1. The summed E-state index contributed by atoms with van der Waals surface area (Å²) in [5, 5.41) is 6.57. The van der Waals surface area contributed by atoms with Crippen LogP contribution in [0.5, 0.6) is 0 Å². The van der Waals surface area contributed by atoms with E-state index in [4.69, 9.17) is 4.52 Å². The minimum atomic E-state index is -3.09. The molecular weight excluding hydrogens is 304 g/mol. The monoisotopic (exact) mass is 322 g/mol. The average Bonchev–Trinajstić information content (AvgIpc) is 2.98. The van der Waals surface area contributed by atoms with Crippen LogP contribution < -0.4 is 5.32 Å². The van der Waals surface area contributed by atoms with Crippen LogP contribution in [0, 0.1) is 0 Å². The quantitative estimate of drug-likeness (QED) is 0.881. The van der Waals surface area contributed by atoms with Crippen LogP contribution in [0.15, 0.2) is 23.0 Å². The molecule has 0 amide bonds. The highest BCUT2D eigenvalue weighted by molar-refractivity contribution is 7.92. The van der Waals surface area contributed by atoms with Gasteiger partial charge < -0.3 is 9.84 Å². The Bertz CT molecular complexity index is 757. The second-order valence-electron chi connectivity index (χ2n) is 5.30. The molecule has 2 aromatic heterocycles. The Morgan fingerprint density at radius 1 is 1.45 bits per heavy atom. The van der Waals surface area contributed by atoms with Crippen molar-refractivity contribution in [1.29, 1.82) is 0 Å². The second kappa shape index (κ2) is 6.13. The third-order valence-corrected chi connectivity index (χ3v) is 5.96. The molecule has 0 aliphatic carbocycles. The van der Waals surface area contributed by atoms with Crippen molar-refractivity contribution in [2.24, 2.45) is 0 Å². The van der Waals surface area contributed by atoms with E-state index in [1.54, 1.807) is 12.4 Å². The molecule has 0 spiro atoms. The SMILES string of the molecule is CCc1cnccc1-c1noc(CC2CNCCS2(=O)=O)n1. The predicted octanol–water partition coefficient (Wildman–Crippen LogP) is 0.623. The van der Waals surface area contributed by atoms with Gasteiger partial charge in [0.1, 0.15) is 0 Å². The van der Waals surface area contributed by atoms with E-state index >= 15 is 0 Å². The van der Waals surface area contributed by atoms with E-state index in [1.165, 1.54) is 0 Å². The van der Waals surface area contributed by atoms with Crippen molar-refractivity contribution in [3.63, 3.8) is 0 Å². The number of sulfone groups is 1. The fourth-order valence-electron chi connectivity index (χ4n) is 2.54. The molecule has 1 atom stereocenters. The summed E-state index contributed by atoms with van der Waals surface area (Å²) < 4.78 is 29.3. The fraction of sp³-hybridized carbons (Fsp3) is 0.500. The number of rotatable bonds is 4. The summed E-state index contributed by atoms with van der Waals surface area (Å²) in [4.78, 5) is 8.44. The molecular formula is C14H18N4O3S. The maximum Gasteiger partial charge on any atom is 0.228 e. The molecule has 0 saturated carbocycles. The Morgan fingerprint density at radius 2 is 2.32 bits per heavy atom. The van der Waals surface area contributed by atoms with Gasteiger partial charge >= 0.3 is 0 Å². The van der Waals surface area contributed by atoms with Gasteiger partial charge in [-0.3, -0.25) is 4.98 Å². The van der Waals surface area contributed by atoms with Gasteiger partial charge in [0, 0.05) is 37.5 Å². The summed E-state index contributed by atoms with van der Waals surface area (Å²) in [5.41, 5.74) is 1.90. The van der Waals surface area contributed by atoms with Crippen molar-refractivity contribution in [2.45, 2.75) is 25.0 Å². The van der Waals surface area contributed by atoms with Crippen molar-refractivity contribution < 1.29 is 12.9 Å². The van der Waals surface area contributed by atoms with E-state index in [2.05, 4.69) is 20.4 Å². The molecule has 1 fully saturated rings. The number of aromatic nitrogens is 3. The van der Waals surface area contributed by atoms with Crippen LogP contribution in [0.2, 0.25) is 0 Å². The van der Waals surface area contributed by atoms with Gasteiger partial charge in [-0.1, -0.05) is 12.1 Å². The van der Waals surface area contributed by atoms with Gasteiger partial charge in [0.2, 0.25) is 11.7 Å². The molecule has 7 nitrogen and oxygen atoms in total. The highest BCUT2D eigenvalue weighted by Crippen LogP contribution is 2.21. The van der Waals surface area contributed by atoms with E-state index in [-0.39, 0.29) is 12.2 Å². The highest BCUT2D eigenvalue weighted by atomic mass is 32.2. The molecule has 1 saturated heterocycles. The zero-order valence-corrected chi connectivity index (χ0v) is 13.1. The van der Waals surface area contributed by atoms with Crippen molar-refractivity contribution in [3.05, 3.63) is 29.9 Å². The minimum Gasteiger partial charge on any atom is -0.339 e.